The molecule has 0 aromatic carbocycles. The van der Waals surface area contributed by atoms with Crippen LogP contribution in [0.5, 0.6) is 0 Å². The Hall–Kier alpha value is -3.76. The van der Waals surface area contributed by atoms with Gasteiger partial charge in [-0.15, -0.1) is 11.3 Å². The molecule has 0 bridgehead atoms. The molecule has 10 heteroatoms. The molecular formula is C24H23N5O4S. The molecule has 1 fully saturated rings. The number of hydrogen-bond acceptors (Lipinski definition) is 7. The minimum atomic E-state index is -0.346. The number of aryl methyl sites for hydroxylation is 1. The van der Waals surface area contributed by atoms with Crippen LogP contribution in [0, 0.1) is 6.92 Å². The van der Waals surface area contributed by atoms with Crippen LogP contribution in [-0.2, 0) is 6.54 Å². The van der Waals surface area contributed by atoms with Crippen LogP contribution in [0.2, 0.25) is 0 Å². The number of thiophene rings is 1. The predicted molar refractivity (Wildman–Crippen MR) is 128 cm³/mol. The number of nitrogens with zero attached hydrogens (tertiary/aromatic N) is 4. The molecule has 1 saturated heterocycles. The first kappa shape index (κ1) is 22.1. The molecule has 5 heterocycles. The fourth-order valence-corrected chi connectivity index (χ4v) is 5.04. The fourth-order valence-electron chi connectivity index (χ4n) is 4.00. The molecule has 0 unspecified atom stereocenters. The first-order valence-electron chi connectivity index (χ1n) is 10.9. The molecule has 4 aromatic heterocycles. The van der Waals surface area contributed by atoms with Gasteiger partial charge in [-0.25, -0.2) is 4.98 Å². The summed E-state index contributed by atoms with van der Waals surface area (Å²) in [5.41, 5.74) is 2.08. The second kappa shape index (κ2) is 9.24. The number of rotatable bonds is 5. The van der Waals surface area contributed by atoms with Gasteiger partial charge in [-0.3, -0.25) is 23.7 Å². The Morgan fingerprint density at radius 1 is 1.12 bits per heavy atom. The first-order chi connectivity index (χ1) is 16.5. The summed E-state index contributed by atoms with van der Waals surface area (Å²) in [5, 5.41) is 3.39. The number of amides is 2. The summed E-state index contributed by atoms with van der Waals surface area (Å²) in [6.45, 7) is 4.96. The zero-order valence-electron chi connectivity index (χ0n) is 18.6. The average molecular weight is 478 g/mol. The molecule has 1 N–H and O–H groups in total. The molecular weight excluding hydrogens is 454 g/mol. The average Bonchev–Trinajstić information content (AvgIpc) is 3.49. The molecule has 1 aliphatic rings. The number of aromatic nitrogens is 2. The van der Waals surface area contributed by atoms with Crippen LogP contribution in [-0.4, -0.2) is 57.2 Å². The first-order valence-corrected chi connectivity index (χ1v) is 11.7. The topological polar surface area (TPSA) is 100 Å². The van der Waals surface area contributed by atoms with Gasteiger partial charge in [-0.2, -0.15) is 0 Å². The zero-order chi connectivity index (χ0) is 23.7. The third-order valence-corrected chi connectivity index (χ3v) is 6.90. The number of carbonyl (C=O) groups is 2. The summed E-state index contributed by atoms with van der Waals surface area (Å²) in [6.07, 6.45) is 3.15. The minimum Gasteiger partial charge on any atom is -0.459 e. The zero-order valence-corrected chi connectivity index (χ0v) is 19.4. The number of anilines is 1. The van der Waals surface area contributed by atoms with Crippen molar-refractivity contribution in [3.8, 4) is 0 Å². The summed E-state index contributed by atoms with van der Waals surface area (Å²) in [7, 11) is 0. The van der Waals surface area contributed by atoms with Crippen LogP contribution < -0.4 is 10.9 Å². The maximum absolute atomic E-state index is 13.1. The molecule has 5 rings (SSSR count). The number of fused-ring (bicyclic) bond motifs is 1. The van der Waals surface area contributed by atoms with Crippen LogP contribution >= 0.6 is 11.3 Å². The molecule has 0 radical (unpaired) electrons. The van der Waals surface area contributed by atoms with E-state index in [4.69, 9.17) is 4.42 Å². The third-order valence-electron chi connectivity index (χ3n) is 5.76. The largest absolute Gasteiger partial charge is 0.459 e. The van der Waals surface area contributed by atoms with Crippen LogP contribution in [0.3, 0.4) is 0 Å². The Balaban J connectivity index is 1.20. The van der Waals surface area contributed by atoms with Gasteiger partial charge in [-0.05, 0) is 42.8 Å². The van der Waals surface area contributed by atoms with Gasteiger partial charge in [0.05, 0.1) is 21.8 Å². The molecule has 0 atom stereocenters. The summed E-state index contributed by atoms with van der Waals surface area (Å²) in [4.78, 5) is 46.9. The van der Waals surface area contributed by atoms with E-state index in [1.807, 2.05) is 24.0 Å². The van der Waals surface area contributed by atoms with E-state index >= 15 is 0 Å². The predicted octanol–water partition coefficient (Wildman–Crippen LogP) is 2.87. The van der Waals surface area contributed by atoms with Gasteiger partial charge in [0.15, 0.2) is 5.76 Å². The van der Waals surface area contributed by atoms with Crippen LogP contribution in [0.25, 0.3) is 5.65 Å². The maximum Gasteiger partial charge on any atom is 0.291 e. The number of nitrogens with one attached hydrogen (secondary N) is 1. The summed E-state index contributed by atoms with van der Waals surface area (Å²) >= 11 is 1.27. The number of carbonyl (C=O) groups excluding carboxylic acids is 2. The van der Waals surface area contributed by atoms with E-state index in [-0.39, 0.29) is 23.1 Å². The van der Waals surface area contributed by atoms with Gasteiger partial charge in [-0.1, -0.05) is 6.07 Å². The Bertz CT molecular complexity index is 1400. The fraction of sp³-hybridized carbons (Fsp3) is 0.250. The lowest BCUT2D eigenvalue weighted by atomic mass is 10.2. The van der Waals surface area contributed by atoms with Gasteiger partial charge in [0.1, 0.15) is 5.65 Å². The third kappa shape index (κ3) is 4.50. The number of hydrogen-bond donors (Lipinski definition) is 1. The Morgan fingerprint density at radius 3 is 2.71 bits per heavy atom. The lowest BCUT2D eigenvalue weighted by Gasteiger charge is -2.34. The van der Waals surface area contributed by atoms with Crippen molar-refractivity contribution >= 4 is 33.8 Å². The van der Waals surface area contributed by atoms with Crippen molar-refractivity contribution in [2.45, 2.75) is 13.5 Å². The molecule has 0 aliphatic carbocycles. The lowest BCUT2D eigenvalue weighted by Crippen LogP contribution is -2.48. The van der Waals surface area contributed by atoms with Crippen molar-refractivity contribution in [1.29, 1.82) is 0 Å². The molecule has 2 amide bonds. The van der Waals surface area contributed by atoms with Crippen LogP contribution in [0.4, 0.5) is 5.00 Å². The minimum absolute atomic E-state index is 0.0391. The Labute approximate surface area is 199 Å². The summed E-state index contributed by atoms with van der Waals surface area (Å²) in [6, 6.07) is 12.1. The molecule has 4 aromatic rings. The SMILES string of the molecule is Cc1cc(NC(=O)c2ccco2)sc1C(=O)N1CCN(Cc2cc(=O)n3ccccc3n2)CC1. The highest BCUT2D eigenvalue weighted by Crippen LogP contribution is 2.28. The molecule has 0 saturated carbocycles. The molecule has 0 spiro atoms. The summed E-state index contributed by atoms with van der Waals surface area (Å²) < 4.78 is 6.64. The van der Waals surface area contributed by atoms with Gasteiger partial charge in [0.2, 0.25) is 0 Å². The van der Waals surface area contributed by atoms with Gasteiger partial charge < -0.3 is 14.6 Å². The Kier molecular flexibility index (Phi) is 5.99. The van der Waals surface area contributed by atoms with Crippen molar-refractivity contribution in [3.63, 3.8) is 0 Å². The molecule has 9 nitrogen and oxygen atoms in total. The number of furan rings is 1. The highest BCUT2D eigenvalue weighted by molar-refractivity contribution is 7.18. The van der Waals surface area contributed by atoms with Crippen molar-refractivity contribution < 1.29 is 14.0 Å². The van der Waals surface area contributed by atoms with Crippen molar-refractivity contribution in [3.05, 3.63) is 87.2 Å². The van der Waals surface area contributed by atoms with E-state index in [0.717, 1.165) is 11.3 Å². The Morgan fingerprint density at radius 2 is 1.94 bits per heavy atom. The van der Waals surface area contributed by atoms with Crippen molar-refractivity contribution in [2.24, 2.45) is 0 Å². The highest BCUT2D eigenvalue weighted by Gasteiger charge is 2.25. The molecule has 34 heavy (non-hydrogen) atoms. The van der Waals surface area contributed by atoms with Crippen LogP contribution in [0.15, 0.2) is 64.1 Å². The van der Waals surface area contributed by atoms with E-state index in [1.165, 1.54) is 22.0 Å². The van der Waals surface area contributed by atoms with E-state index in [2.05, 4.69) is 15.2 Å². The van der Waals surface area contributed by atoms with Crippen LogP contribution in [0.1, 0.15) is 31.5 Å². The number of pyridine rings is 1. The maximum atomic E-state index is 13.1. The molecule has 1 aliphatic heterocycles. The standard InChI is InChI=1S/C24H23N5O4S/c1-16-13-20(26-23(31)18-5-4-12-33-18)34-22(16)24(32)28-10-8-27(9-11-28)15-17-14-21(30)29-7-3-2-6-19(29)25-17/h2-7,12-14H,8-11,15H2,1H3,(H,26,31). The second-order valence-electron chi connectivity index (χ2n) is 8.14. The monoisotopic (exact) mass is 477 g/mol. The summed E-state index contributed by atoms with van der Waals surface area (Å²) in [5.74, 6) is -0.165. The second-order valence-corrected chi connectivity index (χ2v) is 9.19. The van der Waals surface area contributed by atoms with Gasteiger partial charge >= 0.3 is 0 Å². The quantitative estimate of drug-likeness (QED) is 0.475. The van der Waals surface area contributed by atoms with Gasteiger partial charge in [0, 0.05) is 45.0 Å². The highest BCUT2D eigenvalue weighted by atomic mass is 32.1. The van der Waals surface area contributed by atoms with Crippen molar-refractivity contribution in [2.75, 3.05) is 31.5 Å². The normalized spacial score (nSPS) is 14.4. The van der Waals surface area contributed by atoms with E-state index in [0.29, 0.717) is 48.2 Å². The molecule has 174 valence electrons. The smallest absolute Gasteiger partial charge is 0.291 e. The van der Waals surface area contributed by atoms with E-state index in [9.17, 15) is 14.4 Å². The van der Waals surface area contributed by atoms with E-state index < -0.39 is 0 Å². The number of piperazine rings is 1. The van der Waals surface area contributed by atoms with E-state index in [1.54, 1.807) is 36.5 Å². The van der Waals surface area contributed by atoms with Gasteiger partial charge in [0.25, 0.3) is 17.4 Å². The lowest BCUT2D eigenvalue weighted by molar-refractivity contribution is 0.0631. The van der Waals surface area contributed by atoms with Crippen molar-refractivity contribution in [1.82, 2.24) is 19.2 Å².